The molecule has 0 unspecified atom stereocenters. The van der Waals surface area contributed by atoms with E-state index in [-0.39, 0.29) is 19.4 Å². The predicted molar refractivity (Wildman–Crippen MR) is 59.3 cm³/mol. The lowest BCUT2D eigenvalue weighted by molar-refractivity contribution is -0.138. The van der Waals surface area contributed by atoms with Gasteiger partial charge in [0.25, 0.3) is 7.59 Å². The molecular formula is C5H15N4O6PS. The Hall–Kier alpha value is -0.550. The molecule has 0 spiro atoms. The lowest BCUT2D eigenvalue weighted by atomic mass is 10.2. The van der Waals surface area contributed by atoms with Crippen LogP contribution in [-0.2, 0) is 19.7 Å². The number of hydrogen-bond acceptors (Lipinski definition) is 5. The lowest BCUT2D eigenvalue weighted by Crippen LogP contribution is -2.34. The summed E-state index contributed by atoms with van der Waals surface area (Å²) in [7, 11) is -8.59. The minimum absolute atomic E-state index is 0.0166. The first kappa shape index (κ1) is 16.4. The molecule has 10 nitrogen and oxygen atoms in total. The monoisotopic (exact) mass is 290 g/mol. The molecule has 0 heterocycles. The average Bonchev–Trinajstić information content (AvgIpc) is 2.07. The first-order valence-electron chi connectivity index (χ1n) is 4.42. The first-order chi connectivity index (χ1) is 7.53. The van der Waals surface area contributed by atoms with Gasteiger partial charge >= 0.3 is 16.3 Å². The largest absolute Gasteiger partial charge is 0.480 e. The highest BCUT2D eigenvalue weighted by molar-refractivity contribution is 7.90. The Morgan fingerprint density at radius 2 is 2.00 bits per heavy atom. The number of nitrogens with two attached hydrogens (primary N) is 2. The van der Waals surface area contributed by atoms with E-state index in [1.807, 2.05) is 0 Å². The molecule has 0 rings (SSSR count). The zero-order valence-electron chi connectivity index (χ0n) is 8.74. The van der Waals surface area contributed by atoms with Gasteiger partial charge in [-0.25, -0.2) is 5.09 Å². The molecule has 0 aromatic carbocycles. The molecule has 0 radical (unpaired) electrons. The summed E-state index contributed by atoms with van der Waals surface area (Å²) < 4.78 is 41.6. The van der Waals surface area contributed by atoms with Crippen molar-refractivity contribution in [1.82, 2.24) is 9.58 Å². The second-order valence-corrected chi connectivity index (χ2v) is 6.53. The Kier molecular flexibility index (Phi) is 6.19. The third-order valence-corrected chi connectivity index (χ3v) is 4.31. The third-order valence-electron chi connectivity index (χ3n) is 1.61. The molecule has 102 valence electrons. The van der Waals surface area contributed by atoms with Gasteiger partial charge in [-0.15, -0.1) is 4.49 Å². The summed E-state index contributed by atoms with van der Waals surface area (Å²) in [5, 5.41) is 10.6. The molecule has 8 N–H and O–H groups in total. The zero-order valence-corrected chi connectivity index (χ0v) is 10.4. The van der Waals surface area contributed by atoms with E-state index in [0.717, 1.165) is 0 Å². The van der Waals surface area contributed by atoms with Gasteiger partial charge in [0.1, 0.15) is 6.04 Å². The lowest BCUT2D eigenvalue weighted by Gasteiger charge is -2.14. The van der Waals surface area contributed by atoms with Gasteiger partial charge in [0.05, 0.1) is 0 Å². The SMILES string of the molecule is N[C@@H](CCCN[P@@](N)(=O)NS(=O)(=O)O)C(=O)O. The fourth-order valence-electron chi connectivity index (χ4n) is 0.894. The second-order valence-electron chi connectivity index (χ2n) is 3.22. The van der Waals surface area contributed by atoms with Gasteiger partial charge in [-0.3, -0.25) is 19.4 Å². The zero-order chi connectivity index (χ0) is 13.7. The normalized spacial score (nSPS) is 17.4. The van der Waals surface area contributed by atoms with Gasteiger partial charge in [0.15, 0.2) is 0 Å². The quantitative estimate of drug-likeness (QED) is 0.171. The van der Waals surface area contributed by atoms with Crippen molar-refractivity contribution in [3.05, 3.63) is 0 Å². The first-order valence-corrected chi connectivity index (χ1v) is 7.64. The van der Waals surface area contributed by atoms with Gasteiger partial charge in [-0.1, -0.05) is 0 Å². The number of aliphatic carboxylic acids is 1. The fourth-order valence-corrected chi connectivity index (χ4v) is 3.01. The molecule has 0 fully saturated rings. The number of carboxylic acid groups (broad SMARTS) is 1. The van der Waals surface area contributed by atoms with E-state index in [0.29, 0.717) is 0 Å². The summed E-state index contributed by atoms with van der Waals surface area (Å²) in [5.74, 6) is -1.17. The second kappa shape index (κ2) is 6.40. The van der Waals surface area contributed by atoms with Crippen LogP contribution in [0.4, 0.5) is 0 Å². The summed E-state index contributed by atoms with van der Waals surface area (Å²) >= 11 is 0. The predicted octanol–water partition coefficient (Wildman–Crippen LogP) is -1.77. The Balaban J connectivity index is 3.97. The van der Waals surface area contributed by atoms with Crippen molar-refractivity contribution in [1.29, 1.82) is 0 Å². The van der Waals surface area contributed by atoms with Crippen LogP contribution in [0.1, 0.15) is 12.8 Å². The van der Waals surface area contributed by atoms with Crippen LogP contribution in [0.3, 0.4) is 0 Å². The standard InChI is InChI=1S/C5H15N4O6PS/c6-4(5(10)11)2-1-3-8-16(7,12)9-17(13,14)15/h4H,1-3,6H2,(H,10,11)(H,13,14,15)(H4,7,8,9,12)/t4-,16+/m0/s1. The van der Waals surface area contributed by atoms with Gasteiger partial charge < -0.3 is 10.8 Å². The van der Waals surface area contributed by atoms with E-state index in [1.54, 1.807) is 0 Å². The minimum atomic E-state index is -4.67. The van der Waals surface area contributed by atoms with Crippen LogP contribution in [0, 0.1) is 0 Å². The summed E-state index contributed by atoms with van der Waals surface area (Å²) in [6.07, 6.45) is 0.329. The molecule has 17 heavy (non-hydrogen) atoms. The highest BCUT2D eigenvalue weighted by Gasteiger charge is 2.21. The number of rotatable bonds is 8. The molecule has 0 aliphatic carbocycles. The third kappa shape index (κ3) is 9.18. The van der Waals surface area contributed by atoms with Gasteiger partial charge in [-0.05, 0) is 12.8 Å². The maximum absolute atomic E-state index is 11.3. The Morgan fingerprint density at radius 3 is 2.41 bits per heavy atom. The number of hydrogen-bond donors (Lipinski definition) is 6. The summed E-state index contributed by atoms with van der Waals surface area (Å²) in [6, 6.07) is -1.05. The molecule has 0 aromatic heterocycles. The number of carboxylic acids is 1. The number of nitrogens with one attached hydrogen (secondary N) is 2. The van der Waals surface area contributed by atoms with Gasteiger partial charge in [0, 0.05) is 6.54 Å². The van der Waals surface area contributed by atoms with Crippen molar-refractivity contribution >= 4 is 23.9 Å². The Labute approximate surface area is 98.2 Å². The Morgan fingerprint density at radius 1 is 1.47 bits per heavy atom. The summed E-state index contributed by atoms with van der Waals surface area (Å²) in [5.41, 5.74) is 10.2. The van der Waals surface area contributed by atoms with Crippen molar-refractivity contribution in [2.45, 2.75) is 18.9 Å². The van der Waals surface area contributed by atoms with E-state index in [2.05, 4.69) is 5.09 Å². The van der Waals surface area contributed by atoms with E-state index < -0.39 is 29.9 Å². The molecular weight excluding hydrogens is 275 g/mol. The molecule has 0 amide bonds. The van der Waals surface area contributed by atoms with E-state index >= 15 is 0 Å². The minimum Gasteiger partial charge on any atom is -0.480 e. The van der Waals surface area contributed by atoms with Crippen molar-refractivity contribution in [3.63, 3.8) is 0 Å². The molecule has 0 bridgehead atoms. The van der Waals surface area contributed by atoms with E-state index in [4.69, 9.17) is 20.9 Å². The van der Waals surface area contributed by atoms with Crippen LogP contribution in [0.15, 0.2) is 0 Å². The van der Waals surface area contributed by atoms with E-state index in [1.165, 1.54) is 4.49 Å². The van der Waals surface area contributed by atoms with Crippen molar-refractivity contribution < 1.29 is 27.4 Å². The molecule has 0 saturated heterocycles. The van der Waals surface area contributed by atoms with Crippen LogP contribution in [0.2, 0.25) is 0 Å². The van der Waals surface area contributed by atoms with Gasteiger partial charge in [0.2, 0.25) is 0 Å². The topological polar surface area (TPSA) is 185 Å². The van der Waals surface area contributed by atoms with Crippen LogP contribution in [0.25, 0.3) is 0 Å². The molecule has 2 atom stereocenters. The maximum atomic E-state index is 11.3. The molecule has 0 aliphatic heterocycles. The summed E-state index contributed by atoms with van der Waals surface area (Å²) in [6.45, 7) is -0.0166. The average molecular weight is 290 g/mol. The van der Waals surface area contributed by atoms with E-state index in [9.17, 15) is 17.8 Å². The molecule has 0 saturated carbocycles. The molecule has 0 aliphatic rings. The molecule has 0 aromatic rings. The summed E-state index contributed by atoms with van der Waals surface area (Å²) in [4.78, 5) is 10.3. The van der Waals surface area contributed by atoms with Crippen LogP contribution < -0.4 is 20.8 Å². The highest BCUT2D eigenvalue weighted by Crippen LogP contribution is 2.25. The van der Waals surface area contributed by atoms with Crippen LogP contribution in [-0.4, -0.2) is 36.6 Å². The smallest absolute Gasteiger partial charge is 0.341 e. The highest BCUT2D eigenvalue weighted by atomic mass is 32.2. The van der Waals surface area contributed by atoms with Crippen molar-refractivity contribution in [2.24, 2.45) is 11.2 Å². The maximum Gasteiger partial charge on any atom is 0.341 e. The van der Waals surface area contributed by atoms with Gasteiger partial charge in [-0.2, -0.15) is 8.42 Å². The molecule has 12 heteroatoms. The fraction of sp³-hybridized carbons (Fsp3) is 0.800. The van der Waals surface area contributed by atoms with Crippen LogP contribution in [0.5, 0.6) is 0 Å². The number of carbonyl (C=O) groups is 1. The van der Waals surface area contributed by atoms with Crippen LogP contribution >= 0.6 is 7.59 Å². The van der Waals surface area contributed by atoms with Crippen molar-refractivity contribution in [3.8, 4) is 0 Å². The van der Waals surface area contributed by atoms with Crippen molar-refractivity contribution in [2.75, 3.05) is 6.54 Å². The Bertz CT molecular complexity index is 411.